The van der Waals surface area contributed by atoms with Crippen LogP contribution in [0.1, 0.15) is 24.1 Å². The standard InChI is InChI=1S/C17H21NO2/c1-13(18-2)16-6-4-5-7-17(16)20-12-14-8-10-15(19-3)11-9-14/h4-11,13,18H,12H2,1-3H3. The molecule has 0 bridgehead atoms. The Morgan fingerprint density at radius 2 is 1.75 bits per heavy atom. The molecule has 20 heavy (non-hydrogen) atoms. The Morgan fingerprint density at radius 3 is 2.40 bits per heavy atom. The van der Waals surface area contributed by atoms with Crippen molar-refractivity contribution in [2.45, 2.75) is 19.6 Å². The Labute approximate surface area is 120 Å². The van der Waals surface area contributed by atoms with Gasteiger partial charge in [-0.3, -0.25) is 0 Å². The van der Waals surface area contributed by atoms with E-state index in [1.807, 2.05) is 49.5 Å². The van der Waals surface area contributed by atoms with Crippen molar-refractivity contribution < 1.29 is 9.47 Å². The van der Waals surface area contributed by atoms with E-state index in [0.29, 0.717) is 6.61 Å². The van der Waals surface area contributed by atoms with Crippen LogP contribution in [0.5, 0.6) is 11.5 Å². The summed E-state index contributed by atoms with van der Waals surface area (Å²) in [5.41, 5.74) is 2.29. The van der Waals surface area contributed by atoms with Crippen molar-refractivity contribution in [3.63, 3.8) is 0 Å². The molecule has 0 spiro atoms. The molecule has 1 N–H and O–H groups in total. The van der Waals surface area contributed by atoms with E-state index < -0.39 is 0 Å². The number of hydrogen-bond donors (Lipinski definition) is 1. The van der Waals surface area contributed by atoms with Gasteiger partial charge in [0.1, 0.15) is 18.1 Å². The SMILES string of the molecule is CNC(C)c1ccccc1OCc1ccc(OC)cc1. The maximum absolute atomic E-state index is 5.94. The minimum Gasteiger partial charge on any atom is -0.497 e. The Balaban J connectivity index is 2.06. The molecule has 2 rings (SSSR count). The van der Waals surface area contributed by atoms with Gasteiger partial charge in [0.15, 0.2) is 0 Å². The van der Waals surface area contributed by atoms with E-state index in [2.05, 4.69) is 18.3 Å². The first-order valence-corrected chi connectivity index (χ1v) is 6.76. The lowest BCUT2D eigenvalue weighted by Crippen LogP contribution is -2.13. The maximum Gasteiger partial charge on any atom is 0.124 e. The van der Waals surface area contributed by atoms with Gasteiger partial charge in [-0.05, 0) is 37.7 Å². The largest absolute Gasteiger partial charge is 0.497 e. The van der Waals surface area contributed by atoms with Gasteiger partial charge in [0.2, 0.25) is 0 Å². The molecule has 3 heteroatoms. The highest BCUT2D eigenvalue weighted by Gasteiger charge is 2.09. The molecule has 0 heterocycles. The van der Waals surface area contributed by atoms with Crippen molar-refractivity contribution in [2.75, 3.05) is 14.2 Å². The molecular weight excluding hydrogens is 250 g/mol. The molecule has 0 aliphatic rings. The average Bonchev–Trinajstić information content (AvgIpc) is 2.53. The topological polar surface area (TPSA) is 30.5 Å². The van der Waals surface area contributed by atoms with Gasteiger partial charge in [-0.15, -0.1) is 0 Å². The van der Waals surface area contributed by atoms with E-state index in [-0.39, 0.29) is 6.04 Å². The molecule has 106 valence electrons. The van der Waals surface area contributed by atoms with Crippen LogP contribution in [0.25, 0.3) is 0 Å². The number of methoxy groups -OCH3 is 1. The highest BCUT2D eigenvalue weighted by Crippen LogP contribution is 2.25. The Hall–Kier alpha value is -2.00. The predicted molar refractivity (Wildman–Crippen MR) is 81.2 cm³/mol. The van der Waals surface area contributed by atoms with Gasteiger partial charge < -0.3 is 14.8 Å². The molecule has 0 saturated carbocycles. The third-order valence-electron chi connectivity index (χ3n) is 3.37. The number of benzene rings is 2. The first-order chi connectivity index (χ1) is 9.74. The van der Waals surface area contributed by atoms with E-state index in [1.54, 1.807) is 7.11 Å². The molecule has 3 nitrogen and oxygen atoms in total. The number of ether oxygens (including phenoxy) is 2. The Morgan fingerprint density at radius 1 is 1.05 bits per heavy atom. The smallest absolute Gasteiger partial charge is 0.124 e. The van der Waals surface area contributed by atoms with Crippen LogP contribution in [0.2, 0.25) is 0 Å². The average molecular weight is 271 g/mol. The zero-order chi connectivity index (χ0) is 14.4. The molecule has 2 aromatic carbocycles. The zero-order valence-electron chi connectivity index (χ0n) is 12.2. The van der Waals surface area contributed by atoms with Gasteiger partial charge in [0.25, 0.3) is 0 Å². The third-order valence-corrected chi connectivity index (χ3v) is 3.37. The molecular formula is C17H21NO2. The van der Waals surface area contributed by atoms with E-state index >= 15 is 0 Å². The lowest BCUT2D eigenvalue weighted by atomic mass is 10.1. The summed E-state index contributed by atoms with van der Waals surface area (Å²) in [4.78, 5) is 0. The third kappa shape index (κ3) is 3.52. The fourth-order valence-electron chi connectivity index (χ4n) is 2.01. The minimum atomic E-state index is 0.266. The Kier molecular flexibility index (Phi) is 5.02. The normalized spacial score (nSPS) is 11.9. The number of nitrogens with one attached hydrogen (secondary N) is 1. The first kappa shape index (κ1) is 14.4. The number of hydrogen-bond acceptors (Lipinski definition) is 3. The lowest BCUT2D eigenvalue weighted by molar-refractivity contribution is 0.300. The molecule has 0 aromatic heterocycles. The van der Waals surface area contributed by atoms with Crippen LogP contribution in [-0.4, -0.2) is 14.2 Å². The minimum absolute atomic E-state index is 0.266. The van der Waals surface area contributed by atoms with Gasteiger partial charge in [-0.1, -0.05) is 30.3 Å². The zero-order valence-corrected chi connectivity index (χ0v) is 12.2. The van der Waals surface area contributed by atoms with Crippen molar-refractivity contribution in [2.24, 2.45) is 0 Å². The fraction of sp³-hybridized carbons (Fsp3) is 0.294. The molecule has 0 saturated heterocycles. The molecule has 0 aliphatic heterocycles. The number of para-hydroxylation sites is 1. The summed E-state index contributed by atoms with van der Waals surface area (Å²) in [5.74, 6) is 1.78. The molecule has 1 atom stereocenters. The lowest BCUT2D eigenvalue weighted by Gasteiger charge is -2.16. The van der Waals surface area contributed by atoms with Crippen molar-refractivity contribution in [3.8, 4) is 11.5 Å². The van der Waals surface area contributed by atoms with Crippen LogP contribution in [-0.2, 0) is 6.61 Å². The highest BCUT2D eigenvalue weighted by molar-refractivity contribution is 5.36. The first-order valence-electron chi connectivity index (χ1n) is 6.76. The van der Waals surface area contributed by atoms with Crippen LogP contribution in [0.4, 0.5) is 0 Å². The van der Waals surface area contributed by atoms with E-state index in [4.69, 9.17) is 9.47 Å². The maximum atomic E-state index is 5.94. The van der Waals surface area contributed by atoms with Gasteiger partial charge in [0, 0.05) is 11.6 Å². The van der Waals surface area contributed by atoms with Crippen molar-refractivity contribution in [3.05, 3.63) is 59.7 Å². The Bertz CT molecular complexity index is 537. The second-order valence-electron chi connectivity index (χ2n) is 4.68. The summed E-state index contributed by atoms with van der Waals surface area (Å²) in [7, 11) is 3.62. The molecule has 2 aromatic rings. The fourth-order valence-corrected chi connectivity index (χ4v) is 2.01. The van der Waals surface area contributed by atoms with E-state index in [0.717, 1.165) is 17.1 Å². The van der Waals surface area contributed by atoms with Crippen LogP contribution >= 0.6 is 0 Å². The van der Waals surface area contributed by atoms with Gasteiger partial charge in [-0.2, -0.15) is 0 Å². The second-order valence-corrected chi connectivity index (χ2v) is 4.68. The second kappa shape index (κ2) is 6.96. The monoisotopic (exact) mass is 271 g/mol. The van der Waals surface area contributed by atoms with Gasteiger partial charge >= 0.3 is 0 Å². The van der Waals surface area contributed by atoms with Crippen LogP contribution in [0, 0.1) is 0 Å². The van der Waals surface area contributed by atoms with Crippen molar-refractivity contribution >= 4 is 0 Å². The van der Waals surface area contributed by atoms with Crippen molar-refractivity contribution in [1.82, 2.24) is 5.32 Å². The summed E-state index contributed by atoms with van der Waals surface area (Å²) in [6.45, 7) is 2.67. The summed E-state index contributed by atoms with van der Waals surface area (Å²) < 4.78 is 11.1. The van der Waals surface area contributed by atoms with Crippen molar-refractivity contribution in [1.29, 1.82) is 0 Å². The summed E-state index contributed by atoms with van der Waals surface area (Å²) in [5, 5.41) is 3.24. The van der Waals surface area contributed by atoms with Gasteiger partial charge in [-0.25, -0.2) is 0 Å². The van der Waals surface area contributed by atoms with Crippen LogP contribution in [0.3, 0.4) is 0 Å². The highest BCUT2D eigenvalue weighted by atomic mass is 16.5. The predicted octanol–water partition coefficient (Wildman–Crippen LogP) is 3.55. The molecule has 0 amide bonds. The van der Waals surface area contributed by atoms with E-state index in [1.165, 1.54) is 5.56 Å². The summed E-state index contributed by atoms with van der Waals surface area (Å²) in [6.07, 6.45) is 0. The summed E-state index contributed by atoms with van der Waals surface area (Å²) >= 11 is 0. The van der Waals surface area contributed by atoms with Crippen LogP contribution < -0.4 is 14.8 Å². The quantitative estimate of drug-likeness (QED) is 0.871. The number of rotatable bonds is 6. The summed E-state index contributed by atoms with van der Waals surface area (Å²) in [6, 6.07) is 16.3. The molecule has 0 fully saturated rings. The molecule has 1 unspecified atom stereocenters. The molecule has 0 aliphatic carbocycles. The van der Waals surface area contributed by atoms with E-state index in [9.17, 15) is 0 Å². The van der Waals surface area contributed by atoms with Crippen LogP contribution in [0.15, 0.2) is 48.5 Å². The van der Waals surface area contributed by atoms with Gasteiger partial charge in [0.05, 0.1) is 7.11 Å². The molecule has 0 radical (unpaired) electrons.